The number of carbonyl (C=O) groups excluding carboxylic acids is 4. The predicted molar refractivity (Wildman–Crippen MR) is 162 cm³/mol. The van der Waals surface area contributed by atoms with Gasteiger partial charge < -0.3 is 30.5 Å². The number of aryl methyl sites for hydroxylation is 2. The number of halogens is 1. The Morgan fingerprint density at radius 3 is 2.38 bits per heavy atom. The van der Waals surface area contributed by atoms with Gasteiger partial charge in [-0.05, 0) is 63.5 Å². The number of hydrogen-bond acceptors (Lipinski definition) is 8. The topological polar surface area (TPSA) is 178 Å². The highest BCUT2D eigenvalue weighted by molar-refractivity contribution is 5.98. The van der Waals surface area contributed by atoms with E-state index in [9.17, 15) is 33.9 Å². The number of hydrogen-bond donors (Lipinski definition) is 4. The van der Waals surface area contributed by atoms with Crippen molar-refractivity contribution in [1.82, 2.24) is 26.0 Å². The summed E-state index contributed by atoms with van der Waals surface area (Å²) in [4.78, 5) is 53.9. The van der Waals surface area contributed by atoms with Crippen molar-refractivity contribution in [2.45, 2.75) is 78.6 Å². The molecule has 3 unspecified atom stereocenters. The number of aliphatic hydroxyl groups excluding tert-OH is 1. The Bertz CT molecular complexity index is 1450. The Morgan fingerprint density at radius 2 is 1.82 bits per heavy atom. The molecule has 1 saturated heterocycles. The molecular formula is C32H41FN6O6. The molecule has 1 aliphatic heterocycles. The average molecular weight is 625 g/mol. The van der Waals surface area contributed by atoms with Crippen LogP contribution in [0.25, 0.3) is 0 Å². The first-order valence-electron chi connectivity index (χ1n) is 15.0. The number of nitrogens with one attached hydrogen (secondary N) is 3. The van der Waals surface area contributed by atoms with E-state index in [2.05, 4.69) is 21.1 Å². The van der Waals surface area contributed by atoms with Gasteiger partial charge in [0.2, 0.25) is 17.6 Å². The summed E-state index contributed by atoms with van der Waals surface area (Å²) in [5, 5.41) is 31.2. The molecule has 13 heteroatoms. The van der Waals surface area contributed by atoms with Crippen molar-refractivity contribution < 1.29 is 33.2 Å². The minimum Gasteiger partial charge on any atom is -0.391 e. The van der Waals surface area contributed by atoms with Crippen molar-refractivity contribution in [3.05, 3.63) is 64.3 Å². The Balaban J connectivity index is 1.73. The van der Waals surface area contributed by atoms with Crippen LogP contribution in [0.15, 0.2) is 40.4 Å². The van der Waals surface area contributed by atoms with Gasteiger partial charge in [0.25, 0.3) is 11.8 Å². The van der Waals surface area contributed by atoms with Crippen LogP contribution in [0.2, 0.25) is 0 Å². The molecule has 3 atom stereocenters. The second-order valence-corrected chi connectivity index (χ2v) is 11.8. The fourth-order valence-corrected chi connectivity index (χ4v) is 5.05. The first kappa shape index (κ1) is 34.9. The Morgan fingerprint density at radius 1 is 1.13 bits per heavy atom. The summed E-state index contributed by atoms with van der Waals surface area (Å²) in [6.45, 7) is 9.06. The van der Waals surface area contributed by atoms with E-state index in [0.717, 1.165) is 5.56 Å². The van der Waals surface area contributed by atoms with E-state index in [4.69, 9.17) is 4.52 Å². The van der Waals surface area contributed by atoms with E-state index in [1.165, 1.54) is 19.1 Å². The third-order valence-corrected chi connectivity index (χ3v) is 7.52. The highest BCUT2D eigenvalue weighted by atomic mass is 19.1. The minimum absolute atomic E-state index is 0.0347. The van der Waals surface area contributed by atoms with Crippen LogP contribution in [0.1, 0.15) is 67.4 Å². The maximum atomic E-state index is 14.4. The Labute approximate surface area is 262 Å². The molecule has 0 aliphatic carbocycles. The molecular weight excluding hydrogens is 583 g/mol. The lowest BCUT2D eigenvalue weighted by molar-refractivity contribution is -0.132. The van der Waals surface area contributed by atoms with Gasteiger partial charge in [0, 0.05) is 31.3 Å². The molecule has 242 valence electrons. The van der Waals surface area contributed by atoms with E-state index in [0.29, 0.717) is 31.6 Å². The van der Waals surface area contributed by atoms with Crippen LogP contribution in [-0.4, -0.2) is 70.1 Å². The predicted octanol–water partition coefficient (Wildman–Crippen LogP) is 2.45. The van der Waals surface area contributed by atoms with Crippen molar-refractivity contribution in [3.8, 4) is 6.07 Å². The van der Waals surface area contributed by atoms with E-state index in [1.54, 1.807) is 37.0 Å². The molecule has 0 saturated carbocycles. The molecule has 3 rings (SSSR count). The number of nitrogens with zero attached hydrogens (tertiary/aromatic N) is 3. The van der Waals surface area contributed by atoms with Crippen molar-refractivity contribution in [2.24, 2.45) is 11.8 Å². The maximum Gasteiger partial charge on any atom is 0.290 e. The summed E-state index contributed by atoms with van der Waals surface area (Å²) >= 11 is 0. The van der Waals surface area contributed by atoms with Crippen molar-refractivity contribution in [3.63, 3.8) is 0 Å². The Kier molecular flexibility index (Phi) is 12.4. The normalized spacial score (nSPS) is 16.0. The molecule has 1 aromatic carbocycles. The number of allylic oxidation sites excluding steroid dienone is 1. The van der Waals surface area contributed by atoms with Crippen LogP contribution >= 0.6 is 0 Å². The van der Waals surface area contributed by atoms with E-state index >= 15 is 0 Å². The number of aromatic nitrogens is 1. The van der Waals surface area contributed by atoms with Crippen LogP contribution in [0.5, 0.6) is 0 Å². The Hall–Kier alpha value is -4.57. The highest BCUT2D eigenvalue weighted by Gasteiger charge is 2.34. The van der Waals surface area contributed by atoms with Crippen LogP contribution < -0.4 is 16.0 Å². The van der Waals surface area contributed by atoms with Crippen molar-refractivity contribution in [1.29, 1.82) is 5.26 Å². The number of aliphatic hydroxyl groups is 1. The number of rotatable bonds is 12. The molecule has 0 spiro atoms. The largest absolute Gasteiger partial charge is 0.391 e. The van der Waals surface area contributed by atoms with Gasteiger partial charge in [-0.15, -0.1) is 0 Å². The van der Waals surface area contributed by atoms with Gasteiger partial charge >= 0.3 is 0 Å². The fourth-order valence-electron chi connectivity index (χ4n) is 5.05. The first-order chi connectivity index (χ1) is 21.3. The molecule has 0 radical (unpaired) electrons. The standard InChI is InChI=1S/C32H41FN6O6/c1-18(2)12-24(16-34)32(44)39-10-8-22(9-11-39)15-26(29(41)35-17-23-7-6-19(3)13-25(23)33)36-31(43)28(21(5)40)37-30(42)27-14-20(4)38-45-27/h6-7,12-14,18,21-22,26,28,40H,8-11,15,17H2,1-5H3,(H,35,41)(H,36,43)(H,37,42). The third-order valence-electron chi connectivity index (χ3n) is 7.52. The molecule has 1 aromatic heterocycles. The van der Waals surface area contributed by atoms with E-state index in [-0.39, 0.29) is 47.6 Å². The van der Waals surface area contributed by atoms with Crippen LogP contribution in [0, 0.1) is 42.8 Å². The molecule has 45 heavy (non-hydrogen) atoms. The van der Waals surface area contributed by atoms with Gasteiger partial charge in [0.15, 0.2) is 0 Å². The number of carbonyl (C=O) groups is 4. The summed E-state index contributed by atoms with van der Waals surface area (Å²) < 4.78 is 19.4. The average Bonchev–Trinajstić information content (AvgIpc) is 3.43. The summed E-state index contributed by atoms with van der Waals surface area (Å²) in [6.07, 6.45) is 1.51. The second-order valence-electron chi connectivity index (χ2n) is 11.8. The van der Waals surface area contributed by atoms with Gasteiger partial charge in [-0.2, -0.15) is 5.26 Å². The molecule has 1 fully saturated rings. The smallest absolute Gasteiger partial charge is 0.290 e. The van der Waals surface area contributed by atoms with Gasteiger partial charge in [0.05, 0.1) is 11.8 Å². The maximum absolute atomic E-state index is 14.4. The van der Waals surface area contributed by atoms with E-state index < -0.39 is 41.7 Å². The lowest BCUT2D eigenvalue weighted by Crippen LogP contribution is -2.57. The van der Waals surface area contributed by atoms with Gasteiger partial charge in [-0.1, -0.05) is 37.2 Å². The van der Waals surface area contributed by atoms with E-state index in [1.807, 2.05) is 19.9 Å². The molecule has 4 N–H and O–H groups in total. The van der Waals surface area contributed by atoms with Crippen LogP contribution in [0.4, 0.5) is 4.39 Å². The number of likely N-dealkylation sites (tertiary alicyclic amines) is 1. The summed E-state index contributed by atoms with van der Waals surface area (Å²) in [5.74, 6) is -3.17. The third kappa shape index (κ3) is 9.97. The lowest BCUT2D eigenvalue weighted by Gasteiger charge is -2.34. The zero-order chi connectivity index (χ0) is 33.3. The minimum atomic E-state index is -1.43. The van der Waals surface area contributed by atoms with Gasteiger partial charge in [0.1, 0.15) is 29.5 Å². The number of benzene rings is 1. The van der Waals surface area contributed by atoms with Crippen molar-refractivity contribution in [2.75, 3.05) is 13.1 Å². The molecule has 1 aliphatic rings. The van der Waals surface area contributed by atoms with Crippen LogP contribution in [-0.2, 0) is 20.9 Å². The van der Waals surface area contributed by atoms with Gasteiger partial charge in [-0.3, -0.25) is 19.2 Å². The lowest BCUT2D eigenvalue weighted by atomic mass is 9.89. The van der Waals surface area contributed by atoms with Crippen LogP contribution in [0.3, 0.4) is 0 Å². The summed E-state index contributed by atoms with van der Waals surface area (Å²) in [6, 6.07) is 5.47. The monoisotopic (exact) mass is 624 g/mol. The molecule has 4 amide bonds. The number of amides is 4. The second kappa shape index (κ2) is 15.9. The molecule has 2 heterocycles. The highest BCUT2D eigenvalue weighted by Crippen LogP contribution is 2.24. The zero-order valence-corrected chi connectivity index (χ0v) is 26.2. The molecule has 2 aromatic rings. The molecule has 12 nitrogen and oxygen atoms in total. The number of piperidine rings is 1. The first-order valence-corrected chi connectivity index (χ1v) is 15.0. The quantitative estimate of drug-likeness (QED) is 0.206. The summed E-state index contributed by atoms with van der Waals surface area (Å²) in [7, 11) is 0. The SMILES string of the molecule is Cc1ccc(CNC(=O)C(CC2CCN(C(=O)C(C#N)=CC(C)C)CC2)NC(=O)C(NC(=O)c2cc(C)no2)C(C)O)c(F)c1. The van der Waals surface area contributed by atoms with Crippen molar-refractivity contribution >= 4 is 23.6 Å². The fraction of sp³-hybridized carbons (Fsp3) is 0.500. The number of nitriles is 1. The van der Waals surface area contributed by atoms with Gasteiger partial charge in [-0.25, -0.2) is 4.39 Å². The molecule has 0 bridgehead atoms. The zero-order valence-electron chi connectivity index (χ0n) is 26.2. The summed E-state index contributed by atoms with van der Waals surface area (Å²) in [5.41, 5.74) is 1.53.